The van der Waals surface area contributed by atoms with Crippen LogP contribution in [0.3, 0.4) is 0 Å². The fourth-order valence-electron chi connectivity index (χ4n) is 7.30. The van der Waals surface area contributed by atoms with Crippen molar-refractivity contribution >= 4 is 59.9 Å². The Labute approximate surface area is 472 Å². The molecule has 3 aromatic heterocycles. The third kappa shape index (κ3) is 18.1. The summed E-state index contributed by atoms with van der Waals surface area (Å²) in [6.07, 6.45) is 6.15. The maximum absolute atomic E-state index is 13.3. The third-order valence-electron chi connectivity index (χ3n) is 11.2. The second-order valence-electron chi connectivity index (χ2n) is 17.0. The molecule has 1 aliphatic rings. The van der Waals surface area contributed by atoms with Gasteiger partial charge in [0, 0.05) is 52.2 Å². The number of methoxy groups -OCH3 is 2. The lowest BCUT2D eigenvalue weighted by atomic mass is 10.1. The molecule has 1 fully saturated rings. The number of likely N-dealkylation sites (N-methyl/N-ethyl adjacent to an activating group) is 1. The molecule has 6 N–H and O–H groups in total. The molecule has 0 atom stereocenters. The molecule has 80 heavy (non-hydrogen) atoms. The number of benzene rings is 4. The van der Waals surface area contributed by atoms with Gasteiger partial charge in [0.1, 0.15) is 19.8 Å². The minimum absolute atomic E-state index is 0.0209. The number of nitrogens with one attached hydrogen (secondary N) is 4. The van der Waals surface area contributed by atoms with Crippen LogP contribution in [-0.4, -0.2) is 131 Å². The van der Waals surface area contributed by atoms with E-state index in [1.165, 1.54) is 19.1 Å². The summed E-state index contributed by atoms with van der Waals surface area (Å²) in [7, 11) is -3.65. The van der Waals surface area contributed by atoms with Crippen LogP contribution in [0.2, 0.25) is 0 Å². The predicted octanol–water partition coefficient (Wildman–Crippen LogP) is 6.25. The number of aromatic nitrogens is 6. The average molecular weight is 1210 g/mol. The summed E-state index contributed by atoms with van der Waals surface area (Å²) in [5.74, 6) is 1.14. The molecular formula is C52H61BrN12O13S2. The number of rotatable bonds is 28. The normalized spacial score (nSPS) is 12.3. The highest BCUT2D eigenvalue weighted by molar-refractivity contribution is 9.10. The molecule has 426 valence electrons. The number of halogens is 1. The highest BCUT2D eigenvalue weighted by atomic mass is 79.9. The SMILES string of the molecule is COc1ccccc1Oc1c(NS(=O)(=O)NCc2ccccc2)nc(N(C)CCO)nc1OCCO.COc1ccccc1Oc1c(NS(=O)(=O)NCc2ccccc2)nc(N2CCCCC2)nc1OCCOc1ncc(Br)cn1. The molecule has 0 spiro atoms. The maximum Gasteiger partial charge on any atom is 0.316 e. The van der Waals surface area contributed by atoms with Crippen LogP contribution in [0.1, 0.15) is 30.4 Å². The molecular weight excluding hydrogens is 1140 g/mol. The fraction of sp³-hybridized carbons (Fsp3) is 0.308. The number of aliphatic hydroxyl groups excluding tert-OH is 2. The van der Waals surface area contributed by atoms with E-state index in [0.717, 1.165) is 34.9 Å². The highest BCUT2D eigenvalue weighted by Crippen LogP contribution is 2.43. The molecule has 0 radical (unpaired) electrons. The molecule has 0 unspecified atom stereocenters. The summed E-state index contributed by atoms with van der Waals surface area (Å²) in [6, 6.07) is 32.0. The molecule has 0 aliphatic carbocycles. The molecule has 1 saturated heterocycles. The zero-order chi connectivity index (χ0) is 56.7. The Hall–Kier alpha value is -7.86. The Balaban J connectivity index is 0.000000236. The van der Waals surface area contributed by atoms with Crippen molar-refractivity contribution in [2.75, 3.05) is 93.2 Å². The van der Waals surface area contributed by atoms with Crippen molar-refractivity contribution in [3.05, 3.63) is 137 Å². The van der Waals surface area contributed by atoms with Gasteiger partial charge in [0.25, 0.3) is 11.8 Å². The molecule has 1 aliphatic heterocycles. The largest absolute Gasteiger partial charge is 0.493 e. The number of nitrogens with zero attached hydrogens (tertiary/aromatic N) is 8. The summed E-state index contributed by atoms with van der Waals surface area (Å²) >= 11 is 3.29. The summed E-state index contributed by atoms with van der Waals surface area (Å²) < 4.78 is 103. The van der Waals surface area contributed by atoms with E-state index in [0.29, 0.717) is 36.3 Å². The minimum Gasteiger partial charge on any atom is -0.493 e. The number of ether oxygens (including phenoxy) is 7. The van der Waals surface area contributed by atoms with E-state index in [9.17, 15) is 27.0 Å². The van der Waals surface area contributed by atoms with Gasteiger partial charge in [-0.15, -0.1) is 0 Å². The van der Waals surface area contributed by atoms with Gasteiger partial charge in [-0.05, 0) is 70.6 Å². The molecule has 0 amide bonds. The van der Waals surface area contributed by atoms with Crippen LogP contribution >= 0.6 is 15.9 Å². The second kappa shape index (κ2) is 29.9. The summed E-state index contributed by atoms with van der Waals surface area (Å²) in [4.78, 5) is 29.6. The number of hydrogen-bond donors (Lipinski definition) is 6. The van der Waals surface area contributed by atoms with Gasteiger partial charge >= 0.3 is 26.4 Å². The van der Waals surface area contributed by atoms with E-state index in [1.807, 2.05) is 41.3 Å². The van der Waals surface area contributed by atoms with Crippen LogP contribution in [0.15, 0.2) is 126 Å². The van der Waals surface area contributed by atoms with Gasteiger partial charge in [-0.2, -0.15) is 46.2 Å². The lowest BCUT2D eigenvalue weighted by Gasteiger charge is -2.28. The van der Waals surface area contributed by atoms with Crippen molar-refractivity contribution in [2.24, 2.45) is 0 Å². The topological polar surface area (TPSA) is 305 Å². The lowest BCUT2D eigenvalue weighted by Crippen LogP contribution is -2.33. The van der Waals surface area contributed by atoms with Crippen LogP contribution in [-0.2, 0) is 33.5 Å². The average Bonchev–Trinajstić information content (AvgIpc) is 3.49. The predicted molar refractivity (Wildman–Crippen MR) is 302 cm³/mol. The van der Waals surface area contributed by atoms with Gasteiger partial charge in [-0.3, -0.25) is 9.44 Å². The first-order chi connectivity index (χ1) is 38.8. The third-order valence-corrected chi connectivity index (χ3v) is 13.6. The molecule has 4 heterocycles. The van der Waals surface area contributed by atoms with E-state index in [4.69, 9.17) is 33.2 Å². The van der Waals surface area contributed by atoms with Crippen molar-refractivity contribution < 1.29 is 60.2 Å². The molecule has 0 bridgehead atoms. The van der Waals surface area contributed by atoms with Gasteiger partial charge in [-0.25, -0.2) is 9.97 Å². The Morgan fingerprint density at radius 1 is 0.588 bits per heavy atom. The van der Waals surface area contributed by atoms with Crippen LogP contribution in [0.4, 0.5) is 23.5 Å². The highest BCUT2D eigenvalue weighted by Gasteiger charge is 2.28. The maximum atomic E-state index is 13.3. The van der Waals surface area contributed by atoms with Gasteiger partial charge in [-0.1, -0.05) is 84.9 Å². The molecule has 28 heteroatoms. The van der Waals surface area contributed by atoms with Crippen molar-refractivity contribution in [1.82, 2.24) is 39.3 Å². The number of hydrogen-bond acceptors (Lipinski definition) is 21. The molecule has 7 aromatic rings. The number of anilines is 4. The number of aliphatic hydroxyl groups is 2. The van der Waals surface area contributed by atoms with Crippen molar-refractivity contribution in [1.29, 1.82) is 0 Å². The van der Waals surface area contributed by atoms with Gasteiger partial charge in [0.2, 0.25) is 23.4 Å². The zero-order valence-electron chi connectivity index (χ0n) is 43.9. The molecule has 25 nitrogen and oxygen atoms in total. The van der Waals surface area contributed by atoms with Crippen molar-refractivity contribution in [3.63, 3.8) is 0 Å². The van der Waals surface area contributed by atoms with Gasteiger partial charge < -0.3 is 53.2 Å². The summed E-state index contributed by atoms with van der Waals surface area (Å²) in [5, 5.41) is 18.6. The van der Waals surface area contributed by atoms with Crippen LogP contribution in [0, 0.1) is 0 Å². The summed E-state index contributed by atoms with van der Waals surface area (Å²) in [6.45, 7) is 1.17. The van der Waals surface area contributed by atoms with E-state index >= 15 is 0 Å². The Kier molecular flexibility index (Phi) is 22.4. The number of piperidine rings is 1. The lowest BCUT2D eigenvalue weighted by molar-refractivity contribution is 0.192. The monoisotopic (exact) mass is 1200 g/mol. The molecule has 8 rings (SSSR count). The van der Waals surface area contributed by atoms with Crippen LogP contribution < -0.4 is 61.8 Å². The van der Waals surface area contributed by atoms with E-state index in [2.05, 4.69) is 64.7 Å². The first-order valence-corrected chi connectivity index (χ1v) is 28.6. The van der Waals surface area contributed by atoms with Crippen LogP contribution in [0.25, 0.3) is 0 Å². The van der Waals surface area contributed by atoms with E-state index < -0.39 is 20.4 Å². The zero-order valence-corrected chi connectivity index (χ0v) is 47.1. The fourth-order valence-corrected chi connectivity index (χ4v) is 9.15. The van der Waals surface area contributed by atoms with Crippen molar-refractivity contribution in [3.8, 4) is 52.3 Å². The van der Waals surface area contributed by atoms with Crippen LogP contribution in [0.5, 0.6) is 52.3 Å². The molecule has 0 saturated carbocycles. The number of para-hydroxylation sites is 4. The quantitative estimate of drug-likeness (QED) is 0.0295. The van der Waals surface area contributed by atoms with Gasteiger partial charge in [0.15, 0.2) is 34.6 Å². The first-order valence-electron chi connectivity index (χ1n) is 24.9. The standard InChI is InChI=1S/C29H32BrN7O6S.C23H29N5O7S/c1-40-23-12-6-7-13-24(23)43-25-26(36-44(38,39)33-18-21-10-4-2-5-11-21)34-28(37-14-8-3-9-15-37)35-27(25)41-16-17-42-29-31-19-22(30)20-32-29;1-28(12-13-29)23-25-21(27-36(31,32)24-16-17-8-4-3-5-9-17)20(22(26-23)34-15-14-30)35-19-11-7-6-10-18(19)33-2/h2,4-7,10-13,19-20,33H,3,8-9,14-18H2,1H3,(H,34,35,36);3-11,24,29-30H,12-16H2,1-2H3,(H,25,26,27). The first kappa shape index (κ1) is 59.8. The van der Waals surface area contributed by atoms with E-state index in [-0.39, 0.29) is 105 Å². The Bertz CT molecular complexity index is 3290. The minimum atomic E-state index is -4.13. The van der Waals surface area contributed by atoms with Crippen molar-refractivity contribution in [2.45, 2.75) is 32.4 Å². The Morgan fingerprint density at radius 3 is 1.57 bits per heavy atom. The molecule has 4 aromatic carbocycles. The Morgan fingerprint density at radius 2 is 1.06 bits per heavy atom. The van der Waals surface area contributed by atoms with Gasteiger partial charge in [0.05, 0.1) is 31.9 Å². The summed E-state index contributed by atoms with van der Waals surface area (Å²) in [5.41, 5.74) is 1.55. The van der Waals surface area contributed by atoms with E-state index in [1.54, 1.807) is 92.2 Å². The smallest absolute Gasteiger partial charge is 0.316 e. The second-order valence-corrected chi connectivity index (χ2v) is 20.9.